The second-order valence-corrected chi connectivity index (χ2v) is 6.92. The first-order chi connectivity index (χ1) is 8.08. The molecule has 2 unspecified atom stereocenters. The van der Waals surface area contributed by atoms with E-state index in [1.54, 1.807) is 11.3 Å². The lowest BCUT2D eigenvalue weighted by Crippen LogP contribution is -2.48. The van der Waals surface area contributed by atoms with E-state index in [0.29, 0.717) is 0 Å². The van der Waals surface area contributed by atoms with Gasteiger partial charge in [-0.1, -0.05) is 6.92 Å². The number of likely N-dealkylation sites (tertiary alicyclic amines) is 1. The number of hydrogen-bond acceptors (Lipinski definition) is 3. The van der Waals surface area contributed by atoms with E-state index in [9.17, 15) is 9.90 Å². The SMILES string of the molecule is CC1CCCN(Cc2csc(Br)c2)C1C(=O)O. The van der Waals surface area contributed by atoms with Crippen LogP contribution in [0.1, 0.15) is 25.3 Å². The highest BCUT2D eigenvalue weighted by atomic mass is 79.9. The number of nitrogens with zero attached hydrogens (tertiary/aromatic N) is 1. The Hall–Kier alpha value is -0.390. The molecule has 2 heterocycles. The Morgan fingerprint density at radius 2 is 2.47 bits per heavy atom. The quantitative estimate of drug-likeness (QED) is 0.930. The third kappa shape index (κ3) is 3.09. The standard InChI is InChI=1S/C12H16BrNO2S/c1-8-3-2-4-14(11(8)12(15)16)6-9-5-10(13)17-7-9/h5,7-8,11H,2-4,6H2,1H3,(H,15,16). The number of carboxylic acids is 1. The molecule has 0 aromatic carbocycles. The summed E-state index contributed by atoms with van der Waals surface area (Å²) in [5, 5.41) is 11.4. The molecule has 94 valence electrons. The third-order valence-corrected chi connectivity index (χ3v) is 4.85. The van der Waals surface area contributed by atoms with Crippen LogP contribution < -0.4 is 0 Å². The van der Waals surface area contributed by atoms with Crippen molar-refractivity contribution in [2.24, 2.45) is 5.92 Å². The Kier molecular flexibility index (Phi) is 4.22. The normalized spacial score (nSPS) is 26.0. The zero-order valence-electron chi connectivity index (χ0n) is 9.73. The van der Waals surface area contributed by atoms with E-state index in [0.717, 1.165) is 29.7 Å². The molecule has 3 nitrogen and oxygen atoms in total. The van der Waals surface area contributed by atoms with Crippen LogP contribution in [0.3, 0.4) is 0 Å². The van der Waals surface area contributed by atoms with Crippen molar-refractivity contribution in [1.82, 2.24) is 4.90 Å². The average Bonchev–Trinajstić information content (AvgIpc) is 2.63. The van der Waals surface area contributed by atoms with Crippen LogP contribution in [0.5, 0.6) is 0 Å². The van der Waals surface area contributed by atoms with E-state index >= 15 is 0 Å². The predicted molar refractivity (Wildman–Crippen MR) is 72.3 cm³/mol. The number of carboxylic acid groups (broad SMARTS) is 1. The first-order valence-corrected chi connectivity index (χ1v) is 7.45. The minimum atomic E-state index is -0.688. The molecule has 0 radical (unpaired) electrons. The molecule has 0 amide bonds. The lowest BCUT2D eigenvalue weighted by atomic mass is 9.90. The zero-order chi connectivity index (χ0) is 12.4. The van der Waals surface area contributed by atoms with Crippen molar-refractivity contribution in [2.45, 2.75) is 32.4 Å². The second-order valence-electron chi connectivity index (χ2n) is 4.63. The van der Waals surface area contributed by atoms with E-state index in [4.69, 9.17) is 0 Å². The van der Waals surface area contributed by atoms with E-state index in [-0.39, 0.29) is 12.0 Å². The maximum absolute atomic E-state index is 11.3. The molecule has 1 aliphatic rings. The van der Waals surface area contributed by atoms with Gasteiger partial charge < -0.3 is 5.11 Å². The summed E-state index contributed by atoms with van der Waals surface area (Å²) in [5.74, 6) is -0.449. The summed E-state index contributed by atoms with van der Waals surface area (Å²) in [6.07, 6.45) is 2.11. The van der Waals surface area contributed by atoms with Crippen LogP contribution >= 0.6 is 27.3 Å². The molecule has 1 saturated heterocycles. The molecule has 2 rings (SSSR count). The van der Waals surface area contributed by atoms with Crippen LogP contribution in [0.4, 0.5) is 0 Å². The molecule has 1 N–H and O–H groups in total. The monoisotopic (exact) mass is 317 g/mol. The van der Waals surface area contributed by atoms with E-state index in [1.165, 1.54) is 5.56 Å². The fraction of sp³-hybridized carbons (Fsp3) is 0.583. The molecule has 1 aromatic rings. The summed E-state index contributed by atoms with van der Waals surface area (Å²) in [5.41, 5.74) is 1.20. The molecule has 0 spiro atoms. The fourth-order valence-electron chi connectivity index (χ4n) is 2.51. The van der Waals surface area contributed by atoms with Crippen molar-refractivity contribution in [3.05, 3.63) is 20.8 Å². The van der Waals surface area contributed by atoms with Crippen LogP contribution in [0.25, 0.3) is 0 Å². The van der Waals surface area contributed by atoms with Gasteiger partial charge in [-0.25, -0.2) is 0 Å². The molecule has 0 bridgehead atoms. The molecular formula is C12H16BrNO2S. The van der Waals surface area contributed by atoms with Gasteiger partial charge in [0.05, 0.1) is 3.79 Å². The Labute approximate surface area is 114 Å². The zero-order valence-corrected chi connectivity index (χ0v) is 12.1. The Bertz CT molecular complexity index is 407. The minimum absolute atomic E-state index is 0.239. The van der Waals surface area contributed by atoms with Gasteiger partial charge in [-0.05, 0) is 58.2 Å². The van der Waals surface area contributed by atoms with E-state index < -0.39 is 5.97 Å². The van der Waals surface area contributed by atoms with Gasteiger partial charge in [-0.2, -0.15) is 0 Å². The molecule has 17 heavy (non-hydrogen) atoms. The number of aliphatic carboxylic acids is 1. The molecule has 1 aromatic heterocycles. The third-order valence-electron chi connectivity index (χ3n) is 3.30. The van der Waals surface area contributed by atoms with Crippen molar-refractivity contribution < 1.29 is 9.90 Å². The number of rotatable bonds is 3. The maximum atomic E-state index is 11.3. The van der Waals surface area contributed by atoms with Crippen molar-refractivity contribution in [3.8, 4) is 0 Å². The van der Waals surface area contributed by atoms with Crippen molar-refractivity contribution in [1.29, 1.82) is 0 Å². The van der Waals surface area contributed by atoms with Crippen LogP contribution in [-0.2, 0) is 11.3 Å². The first kappa shape index (κ1) is 13.1. The predicted octanol–water partition coefficient (Wildman–Crippen LogP) is 3.20. The Morgan fingerprint density at radius 3 is 3.06 bits per heavy atom. The topological polar surface area (TPSA) is 40.5 Å². The molecule has 0 saturated carbocycles. The van der Waals surface area contributed by atoms with Gasteiger partial charge in [0.1, 0.15) is 6.04 Å². The van der Waals surface area contributed by atoms with Gasteiger partial charge in [-0.15, -0.1) is 11.3 Å². The van der Waals surface area contributed by atoms with Gasteiger partial charge >= 0.3 is 5.97 Å². The van der Waals surface area contributed by atoms with Gasteiger partial charge in [0.15, 0.2) is 0 Å². The van der Waals surface area contributed by atoms with Gasteiger partial charge in [0, 0.05) is 6.54 Å². The Morgan fingerprint density at radius 1 is 1.71 bits per heavy atom. The molecule has 1 aliphatic heterocycles. The number of thiophene rings is 1. The second kappa shape index (κ2) is 5.50. The smallest absolute Gasteiger partial charge is 0.321 e. The summed E-state index contributed by atoms with van der Waals surface area (Å²) in [7, 11) is 0. The molecule has 2 atom stereocenters. The van der Waals surface area contributed by atoms with Crippen LogP contribution in [0, 0.1) is 5.92 Å². The van der Waals surface area contributed by atoms with Crippen molar-refractivity contribution in [3.63, 3.8) is 0 Å². The molecule has 5 heteroatoms. The fourth-order valence-corrected chi connectivity index (χ4v) is 3.71. The highest BCUT2D eigenvalue weighted by Crippen LogP contribution is 2.27. The van der Waals surface area contributed by atoms with Gasteiger partial charge in [0.25, 0.3) is 0 Å². The highest BCUT2D eigenvalue weighted by molar-refractivity contribution is 9.11. The number of hydrogen-bond donors (Lipinski definition) is 1. The molecule has 1 fully saturated rings. The van der Waals surface area contributed by atoms with Gasteiger partial charge in [-0.3, -0.25) is 9.69 Å². The Balaban J connectivity index is 2.09. The van der Waals surface area contributed by atoms with E-state index in [1.807, 2.05) is 6.92 Å². The van der Waals surface area contributed by atoms with E-state index in [2.05, 4.69) is 32.3 Å². The maximum Gasteiger partial charge on any atom is 0.321 e. The van der Waals surface area contributed by atoms with Crippen molar-refractivity contribution in [2.75, 3.05) is 6.54 Å². The largest absolute Gasteiger partial charge is 0.480 e. The van der Waals surface area contributed by atoms with Crippen molar-refractivity contribution >= 4 is 33.2 Å². The highest BCUT2D eigenvalue weighted by Gasteiger charge is 2.34. The lowest BCUT2D eigenvalue weighted by Gasteiger charge is -2.37. The van der Waals surface area contributed by atoms with Crippen LogP contribution in [0.2, 0.25) is 0 Å². The van der Waals surface area contributed by atoms with Crippen LogP contribution in [0.15, 0.2) is 15.2 Å². The molecular weight excluding hydrogens is 302 g/mol. The van der Waals surface area contributed by atoms with Crippen LogP contribution in [-0.4, -0.2) is 28.6 Å². The van der Waals surface area contributed by atoms with Gasteiger partial charge in [0.2, 0.25) is 0 Å². The first-order valence-electron chi connectivity index (χ1n) is 5.77. The molecule has 0 aliphatic carbocycles. The summed E-state index contributed by atoms with van der Waals surface area (Å²) >= 11 is 5.08. The lowest BCUT2D eigenvalue weighted by molar-refractivity contribution is -0.147. The minimum Gasteiger partial charge on any atom is -0.480 e. The summed E-state index contributed by atoms with van der Waals surface area (Å²) in [4.78, 5) is 13.4. The number of halogens is 1. The number of piperidine rings is 1. The summed E-state index contributed by atoms with van der Waals surface area (Å²) < 4.78 is 1.10. The number of carbonyl (C=O) groups is 1. The summed E-state index contributed by atoms with van der Waals surface area (Å²) in [6, 6.07) is 1.74. The average molecular weight is 318 g/mol. The summed E-state index contributed by atoms with van der Waals surface area (Å²) in [6.45, 7) is 3.66.